The number of thioether (sulfide) groups is 1. The number of imide groups is 1. The average molecular weight is 608 g/mol. The highest BCUT2D eigenvalue weighted by Gasteiger charge is 2.70. The molecule has 0 radical (unpaired) electrons. The summed E-state index contributed by atoms with van der Waals surface area (Å²) >= 11 is 14.6. The lowest BCUT2D eigenvalue weighted by Crippen LogP contribution is -2.42. The van der Waals surface area contributed by atoms with Crippen molar-refractivity contribution in [2.24, 2.45) is 29.6 Å². The number of methoxy groups -OCH3 is 2. The standard InChI is InChI=1S/C24H20Cl2N6O5S2/c1-36-10-4-3-7(5-11(10)37-2)12-13-8-6-9(16(13)38-18-17(12)39-24(35)27-18)15-14(8)19(33)32(20(15)34)31-23-29-21(25)28-22(26)30-23/h3-5,8-9,12-16H,6H2,1-2H3,(H,27,35)(H,28,29,30,31). The van der Waals surface area contributed by atoms with Crippen LogP contribution in [0.2, 0.25) is 10.6 Å². The first-order valence-electron chi connectivity index (χ1n) is 12.1. The van der Waals surface area contributed by atoms with Gasteiger partial charge in [-0.2, -0.15) is 20.0 Å². The number of anilines is 1. The van der Waals surface area contributed by atoms with E-state index in [9.17, 15) is 14.4 Å². The molecule has 1 aromatic carbocycles. The summed E-state index contributed by atoms with van der Waals surface area (Å²) in [6, 6.07) is 5.79. The van der Waals surface area contributed by atoms with Crippen molar-refractivity contribution in [3.8, 4) is 11.5 Å². The quantitative estimate of drug-likeness (QED) is 0.415. The molecule has 2 bridgehead atoms. The number of fused-ring (bicyclic) bond motifs is 9. The molecule has 2 N–H and O–H groups in total. The normalized spacial score (nSPS) is 30.3. The van der Waals surface area contributed by atoms with Crippen LogP contribution in [0.4, 0.5) is 5.95 Å². The summed E-state index contributed by atoms with van der Waals surface area (Å²) in [4.78, 5) is 55.2. The number of rotatable bonds is 5. The van der Waals surface area contributed by atoms with Gasteiger partial charge in [-0.05, 0) is 65.1 Å². The topological polar surface area (TPSA) is 139 Å². The molecular formula is C24H20Cl2N6O5S2. The molecule has 39 heavy (non-hydrogen) atoms. The fourth-order valence-electron chi connectivity index (χ4n) is 7.02. The molecule has 2 aromatic heterocycles. The number of ether oxygens (including phenoxy) is 2. The molecule has 2 aliphatic heterocycles. The summed E-state index contributed by atoms with van der Waals surface area (Å²) in [5, 5.41) is 1.57. The minimum Gasteiger partial charge on any atom is -0.493 e. The van der Waals surface area contributed by atoms with Crippen molar-refractivity contribution in [2.75, 3.05) is 19.6 Å². The van der Waals surface area contributed by atoms with Crippen LogP contribution in [0.15, 0.2) is 28.0 Å². The van der Waals surface area contributed by atoms with E-state index in [4.69, 9.17) is 32.7 Å². The number of nitrogens with zero attached hydrogens (tertiary/aromatic N) is 4. The molecule has 11 nitrogen and oxygen atoms in total. The number of carbonyl (C=O) groups excluding carboxylic acids is 2. The first kappa shape index (κ1) is 25.1. The van der Waals surface area contributed by atoms with E-state index in [1.165, 1.54) is 11.3 Å². The lowest BCUT2D eigenvalue weighted by molar-refractivity contribution is -0.139. The molecule has 7 rings (SSSR count). The zero-order valence-corrected chi connectivity index (χ0v) is 23.5. The number of hydrogen-bond acceptors (Lipinski definition) is 11. The Morgan fingerprint density at radius 2 is 1.69 bits per heavy atom. The fraction of sp³-hybridized carbons (Fsp3) is 0.417. The minimum atomic E-state index is -0.496. The number of halogens is 2. The number of hydrogen-bond donors (Lipinski definition) is 2. The second kappa shape index (κ2) is 9.08. The van der Waals surface area contributed by atoms with Gasteiger partial charge < -0.3 is 14.5 Å². The van der Waals surface area contributed by atoms with Crippen LogP contribution >= 0.6 is 46.3 Å². The largest absolute Gasteiger partial charge is 0.493 e. The third kappa shape index (κ3) is 3.70. The highest BCUT2D eigenvalue weighted by atomic mass is 35.5. The molecular weight excluding hydrogens is 587 g/mol. The number of H-pyrrole nitrogens is 1. The van der Waals surface area contributed by atoms with E-state index < -0.39 is 11.8 Å². The van der Waals surface area contributed by atoms with Crippen molar-refractivity contribution in [1.82, 2.24) is 24.9 Å². The maximum atomic E-state index is 13.7. The summed E-state index contributed by atoms with van der Waals surface area (Å²) in [6.45, 7) is 0. The van der Waals surface area contributed by atoms with Gasteiger partial charge in [-0.25, -0.2) is 0 Å². The molecule has 3 fully saturated rings. The van der Waals surface area contributed by atoms with Crippen LogP contribution in [-0.4, -0.2) is 56.2 Å². The SMILES string of the molecule is COc1ccc(C2c3sc(=O)[nH]c3SC3C4CC(C5C(=O)N(Nc6nc(Cl)nc(Cl)n6)C(=O)C45)C23)cc1OC. The van der Waals surface area contributed by atoms with Crippen molar-refractivity contribution >= 4 is 64.1 Å². The van der Waals surface area contributed by atoms with Gasteiger partial charge in [0.05, 0.1) is 31.1 Å². The van der Waals surface area contributed by atoms with Crippen LogP contribution in [0.5, 0.6) is 11.5 Å². The van der Waals surface area contributed by atoms with Gasteiger partial charge in [0, 0.05) is 16.0 Å². The van der Waals surface area contributed by atoms with E-state index in [0.29, 0.717) is 11.5 Å². The molecule has 2 aliphatic carbocycles. The molecule has 15 heteroatoms. The van der Waals surface area contributed by atoms with E-state index in [-0.39, 0.29) is 62.1 Å². The second-order valence-corrected chi connectivity index (χ2v) is 12.8. The van der Waals surface area contributed by atoms with E-state index >= 15 is 0 Å². The van der Waals surface area contributed by atoms with Gasteiger partial charge in [0.1, 0.15) is 0 Å². The number of amides is 2. The highest BCUT2D eigenvalue weighted by molar-refractivity contribution is 8.00. The van der Waals surface area contributed by atoms with Gasteiger partial charge in [-0.15, -0.1) is 11.8 Å². The molecule has 0 spiro atoms. The van der Waals surface area contributed by atoms with Gasteiger partial charge in [-0.1, -0.05) is 17.4 Å². The van der Waals surface area contributed by atoms with Crippen LogP contribution in [0.25, 0.3) is 0 Å². The van der Waals surface area contributed by atoms with E-state index in [1.807, 2.05) is 18.2 Å². The first-order chi connectivity index (χ1) is 18.8. The minimum absolute atomic E-state index is 0.0380. The molecule has 3 aromatic rings. The molecule has 4 heterocycles. The third-order valence-corrected chi connectivity index (χ3v) is 11.2. The monoisotopic (exact) mass is 606 g/mol. The Morgan fingerprint density at radius 3 is 2.38 bits per heavy atom. The number of hydrazine groups is 1. The summed E-state index contributed by atoms with van der Waals surface area (Å²) in [5.41, 5.74) is 3.69. The Labute approximate surface area is 239 Å². The Bertz CT molecular complexity index is 1580. The van der Waals surface area contributed by atoms with Crippen molar-refractivity contribution in [2.45, 2.75) is 22.6 Å². The highest BCUT2D eigenvalue weighted by Crippen LogP contribution is 2.68. The van der Waals surface area contributed by atoms with Crippen LogP contribution in [0, 0.1) is 29.6 Å². The van der Waals surface area contributed by atoms with E-state index in [0.717, 1.165) is 26.9 Å². The molecule has 7 atom stereocenters. The van der Waals surface area contributed by atoms with Gasteiger partial charge in [0.2, 0.25) is 16.5 Å². The molecule has 1 saturated heterocycles. The Morgan fingerprint density at radius 1 is 1.00 bits per heavy atom. The Hall–Kier alpha value is -2.87. The smallest absolute Gasteiger partial charge is 0.305 e. The number of benzene rings is 1. The fourth-order valence-corrected chi connectivity index (χ4v) is 10.3. The maximum Gasteiger partial charge on any atom is 0.305 e. The van der Waals surface area contributed by atoms with Gasteiger partial charge in [-0.3, -0.25) is 19.8 Å². The summed E-state index contributed by atoms with van der Waals surface area (Å²) in [5.74, 6) is -0.708. The number of thiazole rings is 1. The zero-order chi connectivity index (χ0) is 27.2. The number of nitrogens with one attached hydrogen (secondary N) is 2. The van der Waals surface area contributed by atoms with Crippen molar-refractivity contribution < 1.29 is 19.1 Å². The zero-order valence-electron chi connectivity index (χ0n) is 20.4. The summed E-state index contributed by atoms with van der Waals surface area (Å²) in [7, 11) is 3.17. The van der Waals surface area contributed by atoms with Gasteiger partial charge in [0.25, 0.3) is 11.8 Å². The molecule has 4 aliphatic rings. The molecule has 2 saturated carbocycles. The predicted octanol–water partition coefficient (Wildman–Crippen LogP) is 3.45. The Kier molecular flexibility index (Phi) is 5.85. The second-order valence-electron chi connectivity index (χ2n) is 9.90. The van der Waals surface area contributed by atoms with Crippen LogP contribution in [0.1, 0.15) is 22.8 Å². The Balaban J connectivity index is 1.28. The van der Waals surface area contributed by atoms with Crippen molar-refractivity contribution in [3.05, 3.63) is 48.9 Å². The lowest BCUT2D eigenvalue weighted by Gasteiger charge is -2.43. The molecule has 7 unspecified atom stereocenters. The first-order valence-corrected chi connectivity index (χ1v) is 14.6. The van der Waals surface area contributed by atoms with Crippen LogP contribution in [-0.2, 0) is 9.59 Å². The predicted molar refractivity (Wildman–Crippen MR) is 143 cm³/mol. The van der Waals surface area contributed by atoms with Crippen LogP contribution in [0.3, 0.4) is 0 Å². The summed E-state index contributed by atoms with van der Waals surface area (Å²) in [6.07, 6.45) is 0.759. The van der Waals surface area contributed by atoms with Crippen LogP contribution < -0.4 is 19.8 Å². The van der Waals surface area contributed by atoms with Crippen molar-refractivity contribution in [1.29, 1.82) is 0 Å². The number of aromatic nitrogens is 4. The van der Waals surface area contributed by atoms with Gasteiger partial charge in [0.15, 0.2) is 11.5 Å². The van der Waals surface area contributed by atoms with E-state index in [1.54, 1.807) is 26.0 Å². The van der Waals surface area contributed by atoms with Gasteiger partial charge >= 0.3 is 4.87 Å². The van der Waals surface area contributed by atoms with E-state index in [2.05, 4.69) is 25.4 Å². The summed E-state index contributed by atoms with van der Waals surface area (Å²) < 4.78 is 11.0. The number of aromatic amines is 1. The van der Waals surface area contributed by atoms with Crippen molar-refractivity contribution in [3.63, 3.8) is 0 Å². The average Bonchev–Trinajstić information content (AvgIpc) is 3.63. The molecule has 202 valence electrons. The lowest BCUT2D eigenvalue weighted by atomic mass is 9.68. The maximum absolute atomic E-state index is 13.7. The molecule has 2 amide bonds. The third-order valence-electron chi connectivity index (χ3n) is 8.28. The number of carbonyl (C=O) groups is 2.